The van der Waals surface area contributed by atoms with Gasteiger partial charge in [-0.1, -0.05) is 38.5 Å². The smallest absolute Gasteiger partial charge is 0.320 e. The van der Waals surface area contributed by atoms with Crippen LogP contribution in [-0.4, -0.2) is 154 Å². The number of nitrogens with zero attached hydrogens (tertiary/aromatic N) is 4. The first-order valence-electron chi connectivity index (χ1n) is 15.1. The number of carboxylic acids is 4. The monoisotopic (exact) mass is 599 g/mol. The van der Waals surface area contributed by atoms with Gasteiger partial charge in [-0.3, -0.25) is 43.6 Å². The van der Waals surface area contributed by atoms with E-state index in [4.69, 9.17) is 0 Å². The third kappa shape index (κ3) is 14.9. The summed E-state index contributed by atoms with van der Waals surface area (Å²) < 4.78 is 0. The highest BCUT2D eigenvalue weighted by molar-refractivity contribution is 5.78. The fourth-order valence-corrected chi connectivity index (χ4v) is 5.72. The Hall–Kier alpha value is -2.81. The first-order valence-corrected chi connectivity index (χ1v) is 15.1. The summed E-state index contributed by atoms with van der Waals surface area (Å²) in [5.74, 6) is -4.43. The number of carbonyl (C=O) groups is 5. The molecule has 1 aliphatic heterocycles. The largest absolute Gasteiger partial charge is 0.480 e. The van der Waals surface area contributed by atoms with Crippen LogP contribution in [0.15, 0.2) is 0 Å². The van der Waals surface area contributed by atoms with E-state index in [1.165, 1.54) is 12.8 Å². The van der Waals surface area contributed by atoms with Crippen LogP contribution in [0.25, 0.3) is 0 Å². The van der Waals surface area contributed by atoms with Crippen molar-refractivity contribution in [3.8, 4) is 0 Å². The van der Waals surface area contributed by atoms with Crippen molar-refractivity contribution >= 4 is 29.8 Å². The molecule has 0 aromatic carbocycles. The van der Waals surface area contributed by atoms with Crippen LogP contribution in [-0.2, 0) is 24.0 Å². The van der Waals surface area contributed by atoms with Gasteiger partial charge in [-0.15, -0.1) is 0 Å². The summed E-state index contributed by atoms with van der Waals surface area (Å²) in [7, 11) is 0. The third-order valence-electron chi connectivity index (χ3n) is 8.04. The summed E-state index contributed by atoms with van der Waals surface area (Å²) in [6.07, 6.45) is 8.79. The molecule has 1 heterocycles. The van der Waals surface area contributed by atoms with Gasteiger partial charge in [0.2, 0.25) is 5.91 Å². The number of hydrogen-bond donors (Lipinski definition) is 5. The predicted octanol–water partition coefficient (Wildman–Crippen LogP) is 0.314. The molecule has 240 valence electrons. The van der Waals surface area contributed by atoms with E-state index in [-0.39, 0.29) is 96.8 Å². The number of carboxylic acid groups (broad SMARTS) is 4. The molecule has 2 rings (SSSR count). The van der Waals surface area contributed by atoms with Gasteiger partial charge in [-0.25, -0.2) is 0 Å². The molecule has 1 saturated carbocycles. The minimum absolute atomic E-state index is 0.0335. The molecule has 42 heavy (non-hydrogen) atoms. The van der Waals surface area contributed by atoms with Crippen molar-refractivity contribution in [1.29, 1.82) is 0 Å². The fourth-order valence-electron chi connectivity index (χ4n) is 5.72. The van der Waals surface area contributed by atoms with E-state index in [2.05, 4.69) is 5.32 Å². The molecule has 2 aliphatic rings. The minimum Gasteiger partial charge on any atom is -0.480 e. The number of nitrogens with one attached hydrogen (secondary N) is 1. The summed E-state index contributed by atoms with van der Waals surface area (Å²) in [4.78, 5) is 66.3. The molecule has 0 aromatic rings. The lowest BCUT2D eigenvalue weighted by Crippen LogP contribution is -2.52. The van der Waals surface area contributed by atoms with Crippen LogP contribution in [0.5, 0.6) is 0 Å². The van der Waals surface area contributed by atoms with Gasteiger partial charge in [0.15, 0.2) is 0 Å². The molecule has 1 atom stereocenters. The molecule has 5 N–H and O–H groups in total. The first-order chi connectivity index (χ1) is 20.0. The normalized spacial score (nSPS) is 21.0. The van der Waals surface area contributed by atoms with E-state index in [0.717, 1.165) is 38.5 Å². The van der Waals surface area contributed by atoms with Gasteiger partial charge in [0.25, 0.3) is 0 Å². The van der Waals surface area contributed by atoms with Gasteiger partial charge in [-0.2, -0.15) is 0 Å². The molecule has 14 heteroatoms. The summed E-state index contributed by atoms with van der Waals surface area (Å²) >= 11 is 0. The Kier molecular flexibility index (Phi) is 16.3. The summed E-state index contributed by atoms with van der Waals surface area (Å²) in [5, 5.41) is 41.4. The quantitative estimate of drug-likeness (QED) is 0.206. The first kappa shape index (κ1) is 35.4. The second kappa shape index (κ2) is 19.4. The van der Waals surface area contributed by atoms with Crippen LogP contribution in [0, 0.1) is 0 Å². The standard InChI is InChI=1S/C28H49N5O9/c34-24(29-22-7-5-3-1-2-4-6-8-22)10-9-23(28(41)42)33-17-15-31(20-26(37)38)13-11-30(19-25(35)36)12-14-32(16-18-33)21-27(39)40/h22-23H,1-21H2,(H,29,34)(H,35,36)(H,37,38)(H,39,40)(H,41,42). The molecule has 0 spiro atoms. The molecule has 1 unspecified atom stereocenters. The average molecular weight is 600 g/mol. The summed E-state index contributed by atoms with van der Waals surface area (Å²) in [6, 6.07) is -0.920. The van der Waals surface area contributed by atoms with Gasteiger partial charge in [0.05, 0.1) is 19.6 Å². The van der Waals surface area contributed by atoms with Crippen LogP contribution < -0.4 is 5.32 Å². The van der Waals surface area contributed by atoms with Crippen molar-refractivity contribution in [1.82, 2.24) is 24.9 Å². The Morgan fingerprint density at radius 2 is 0.976 bits per heavy atom. The zero-order chi connectivity index (χ0) is 30.9. The van der Waals surface area contributed by atoms with Gasteiger partial charge >= 0.3 is 23.9 Å². The number of aliphatic carboxylic acids is 4. The van der Waals surface area contributed by atoms with Crippen molar-refractivity contribution in [2.24, 2.45) is 0 Å². The zero-order valence-electron chi connectivity index (χ0n) is 24.6. The number of amides is 1. The maximum Gasteiger partial charge on any atom is 0.320 e. The Balaban J connectivity index is 2.13. The van der Waals surface area contributed by atoms with Crippen LogP contribution >= 0.6 is 0 Å². The van der Waals surface area contributed by atoms with Crippen molar-refractivity contribution in [3.05, 3.63) is 0 Å². The Bertz CT molecular complexity index is 848. The summed E-state index contributed by atoms with van der Waals surface area (Å²) in [6.45, 7) is 0.952. The third-order valence-corrected chi connectivity index (χ3v) is 8.04. The lowest BCUT2D eigenvalue weighted by atomic mass is 10.0. The Morgan fingerprint density at radius 1 is 0.595 bits per heavy atom. The molecule has 0 aromatic heterocycles. The van der Waals surface area contributed by atoms with Crippen LogP contribution in [0.2, 0.25) is 0 Å². The molecule has 0 radical (unpaired) electrons. The van der Waals surface area contributed by atoms with E-state index in [1.807, 2.05) is 0 Å². The molecular weight excluding hydrogens is 550 g/mol. The van der Waals surface area contributed by atoms with Gasteiger partial charge in [-0.05, 0) is 19.3 Å². The molecular formula is C28H49N5O9. The van der Waals surface area contributed by atoms with Crippen LogP contribution in [0.4, 0.5) is 0 Å². The molecule has 1 amide bonds. The van der Waals surface area contributed by atoms with Gasteiger partial charge in [0.1, 0.15) is 6.04 Å². The van der Waals surface area contributed by atoms with E-state index in [9.17, 15) is 44.4 Å². The number of rotatable bonds is 12. The molecule has 14 nitrogen and oxygen atoms in total. The topological polar surface area (TPSA) is 191 Å². The van der Waals surface area contributed by atoms with Crippen LogP contribution in [0.1, 0.15) is 64.2 Å². The highest BCUT2D eigenvalue weighted by Crippen LogP contribution is 2.18. The Labute approximate surface area is 247 Å². The lowest BCUT2D eigenvalue weighted by molar-refractivity contribution is -0.145. The van der Waals surface area contributed by atoms with E-state index < -0.39 is 29.9 Å². The molecule has 1 saturated heterocycles. The van der Waals surface area contributed by atoms with Gasteiger partial charge < -0.3 is 25.7 Å². The van der Waals surface area contributed by atoms with Crippen molar-refractivity contribution in [2.45, 2.75) is 76.3 Å². The molecule has 0 bridgehead atoms. The minimum atomic E-state index is -1.10. The SMILES string of the molecule is O=C(O)CN1CCN(CC(=O)O)CCN(C(CCC(=O)NC2CCCCCCCC2)C(=O)O)CCN(CC(=O)O)CC1. The molecule has 1 aliphatic carbocycles. The average Bonchev–Trinajstić information content (AvgIpc) is 3.02. The second-order valence-corrected chi connectivity index (χ2v) is 11.4. The van der Waals surface area contributed by atoms with E-state index in [0.29, 0.717) is 0 Å². The van der Waals surface area contributed by atoms with Gasteiger partial charge in [0, 0.05) is 64.8 Å². The van der Waals surface area contributed by atoms with Crippen LogP contribution in [0.3, 0.4) is 0 Å². The Morgan fingerprint density at radius 3 is 1.36 bits per heavy atom. The highest BCUT2D eigenvalue weighted by Gasteiger charge is 2.29. The van der Waals surface area contributed by atoms with Crippen molar-refractivity contribution in [3.63, 3.8) is 0 Å². The number of carbonyl (C=O) groups excluding carboxylic acids is 1. The maximum absolute atomic E-state index is 12.9. The van der Waals surface area contributed by atoms with E-state index >= 15 is 0 Å². The zero-order valence-corrected chi connectivity index (χ0v) is 24.6. The number of hydrogen-bond acceptors (Lipinski definition) is 9. The van der Waals surface area contributed by atoms with Crippen molar-refractivity contribution < 1.29 is 44.4 Å². The maximum atomic E-state index is 12.9. The summed E-state index contributed by atoms with van der Waals surface area (Å²) in [5.41, 5.74) is 0. The second-order valence-electron chi connectivity index (χ2n) is 11.4. The highest BCUT2D eigenvalue weighted by atomic mass is 16.4. The van der Waals surface area contributed by atoms with E-state index in [1.54, 1.807) is 19.6 Å². The van der Waals surface area contributed by atoms with Crippen molar-refractivity contribution in [2.75, 3.05) is 72.0 Å². The lowest BCUT2D eigenvalue weighted by Gasteiger charge is -2.35. The fraction of sp³-hybridized carbons (Fsp3) is 0.821. The predicted molar refractivity (Wildman–Crippen MR) is 153 cm³/mol. The molecule has 2 fully saturated rings.